The number of H-pyrrole nitrogens is 1. The van der Waals surface area contributed by atoms with Gasteiger partial charge in [0, 0.05) is 35.7 Å². The van der Waals surface area contributed by atoms with Crippen molar-refractivity contribution < 1.29 is 14.0 Å². The van der Waals surface area contributed by atoms with E-state index in [1.165, 1.54) is 18.2 Å². The Bertz CT molecular complexity index is 905. The lowest BCUT2D eigenvalue weighted by atomic mass is 10.0. The fourth-order valence-electron chi connectivity index (χ4n) is 2.98. The average molecular weight is 379 g/mol. The third kappa shape index (κ3) is 3.49. The zero-order valence-electron chi connectivity index (χ0n) is 14.4. The van der Waals surface area contributed by atoms with Gasteiger partial charge >= 0.3 is 0 Å². The minimum Gasteiger partial charge on any atom is -0.358 e. The van der Waals surface area contributed by atoms with Gasteiger partial charge in [0.25, 0.3) is 11.8 Å². The van der Waals surface area contributed by atoms with Crippen molar-refractivity contribution in [3.63, 3.8) is 0 Å². The molecular formula is C18H20ClFN4O2. The zero-order valence-corrected chi connectivity index (χ0v) is 15.2. The minimum atomic E-state index is -0.414. The van der Waals surface area contributed by atoms with Crippen LogP contribution in [-0.2, 0) is 4.79 Å². The molecule has 0 unspecified atom stereocenters. The van der Waals surface area contributed by atoms with Crippen molar-refractivity contribution in [2.75, 3.05) is 18.4 Å². The van der Waals surface area contributed by atoms with Crippen molar-refractivity contribution >= 4 is 41.6 Å². The van der Waals surface area contributed by atoms with Gasteiger partial charge in [-0.15, -0.1) is 12.4 Å². The maximum Gasteiger partial charge on any atom is 0.256 e. The lowest BCUT2D eigenvalue weighted by molar-refractivity contribution is -0.110. The zero-order chi connectivity index (χ0) is 18.1. The molecule has 1 aromatic heterocycles. The largest absolute Gasteiger partial charge is 0.358 e. The number of aromatic amines is 1. The SMILES string of the molecule is Cc1[nH]c(/C=C2/C(=O)Nc3ccc(F)cc32)c(C)c1C(=O)NCCN.Cl. The van der Waals surface area contributed by atoms with Crippen molar-refractivity contribution in [3.05, 3.63) is 52.1 Å². The van der Waals surface area contributed by atoms with Gasteiger partial charge in [-0.2, -0.15) is 0 Å². The summed E-state index contributed by atoms with van der Waals surface area (Å²) in [4.78, 5) is 27.6. The van der Waals surface area contributed by atoms with Crippen LogP contribution in [0.5, 0.6) is 0 Å². The van der Waals surface area contributed by atoms with Gasteiger partial charge in [-0.25, -0.2) is 4.39 Å². The Morgan fingerprint density at radius 2 is 2.08 bits per heavy atom. The summed E-state index contributed by atoms with van der Waals surface area (Å²) in [5, 5.41) is 5.44. The number of nitrogens with two attached hydrogens (primary N) is 1. The number of nitrogens with one attached hydrogen (secondary N) is 3. The first-order valence-corrected chi connectivity index (χ1v) is 7.92. The molecule has 5 N–H and O–H groups in total. The summed E-state index contributed by atoms with van der Waals surface area (Å²) in [6.45, 7) is 4.32. The highest BCUT2D eigenvalue weighted by Crippen LogP contribution is 2.34. The van der Waals surface area contributed by atoms with Gasteiger partial charge in [0.2, 0.25) is 0 Å². The summed E-state index contributed by atoms with van der Waals surface area (Å²) in [7, 11) is 0. The van der Waals surface area contributed by atoms with Crippen LogP contribution in [0.15, 0.2) is 18.2 Å². The highest BCUT2D eigenvalue weighted by molar-refractivity contribution is 6.34. The monoisotopic (exact) mass is 378 g/mol. The molecule has 0 fully saturated rings. The lowest BCUT2D eigenvalue weighted by Gasteiger charge is -2.04. The second-order valence-corrected chi connectivity index (χ2v) is 5.91. The van der Waals surface area contributed by atoms with Crippen LogP contribution >= 0.6 is 12.4 Å². The maximum absolute atomic E-state index is 13.5. The molecule has 26 heavy (non-hydrogen) atoms. The number of halogens is 2. The molecule has 0 saturated heterocycles. The Labute approximate surface area is 156 Å². The molecule has 0 saturated carbocycles. The Hall–Kier alpha value is -2.64. The number of aryl methyl sites for hydroxylation is 1. The van der Waals surface area contributed by atoms with Crippen molar-refractivity contribution in [1.82, 2.24) is 10.3 Å². The van der Waals surface area contributed by atoms with E-state index in [0.29, 0.717) is 46.9 Å². The Kier molecular flexibility index (Phi) is 5.84. The van der Waals surface area contributed by atoms with E-state index in [4.69, 9.17) is 5.73 Å². The number of anilines is 1. The van der Waals surface area contributed by atoms with Gasteiger partial charge < -0.3 is 21.4 Å². The number of benzene rings is 1. The second-order valence-electron chi connectivity index (χ2n) is 5.91. The summed E-state index contributed by atoms with van der Waals surface area (Å²) in [6, 6.07) is 4.15. The highest BCUT2D eigenvalue weighted by atomic mass is 35.5. The summed E-state index contributed by atoms with van der Waals surface area (Å²) >= 11 is 0. The number of aromatic nitrogens is 1. The van der Waals surface area contributed by atoms with Crippen LogP contribution in [-0.4, -0.2) is 29.9 Å². The molecule has 2 heterocycles. The van der Waals surface area contributed by atoms with E-state index in [-0.39, 0.29) is 24.2 Å². The van der Waals surface area contributed by atoms with Gasteiger partial charge in [-0.3, -0.25) is 9.59 Å². The number of carbonyl (C=O) groups is 2. The standard InChI is InChI=1S/C18H19FN4O2.ClH/c1-9-15(22-10(2)16(9)18(25)21-6-5-20)8-13-12-7-11(19)3-4-14(12)23-17(13)24;/h3-4,7-8,22H,5-6,20H2,1-2H3,(H,21,25)(H,23,24);1H/b13-8+;. The molecule has 138 valence electrons. The average Bonchev–Trinajstić information content (AvgIpc) is 3.02. The predicted octanol–water partition coefficient (Wildman–Crippen LogP) is 2.37. The topological polar surface area (TPSA) is 100 Å². The van der Waals surface area contributed by atoms with Gasteiger partial charge in [-0.1, -0.05) is 0 Å². The highest BCUT2D eigenvalue weighted by Gasteiger charge is 2.26. The number of carbonyl (C=O) groups excluding carboxylic acids is 2. The fraction of sp³-hybridized carbons (Fsp3) is 0.222. The van der Waals surface area contributed by atoms with Crippen molar-refractivity contribution in [2.45, 2.75) is 13.8 Å². The molecule has 2 amide bonds. The number of rotatable bonds is 4. The molecule has 1 aliphatic rings. The molecule has 1 aromatic carbocycles. The van der Waals surface area contributed by atoms with Crippen LogP contribution in [0.1, 0.15) is 32.9 Å². The van der Waals surface area contributed by atoms with Crippen molar-refractivity contribution in [2.24, 2.45) is 5.73 Å². The summed E-state index contributed by atoms with van der Waals surface area (Å²) in [5.74, 6) is -0.938. The van der Waals surface area contributed by atoms with Crippen LogP contribution in [0.3, 0.4) is 0 Å². The normalized spacial score (nSPS) is 14.0. The van der Waals surface area contributed by atoms with E-state index in [1.807, 2.05) is 0 Å². The molecule has 0 radical (unpaired) electrons. The summed E-state index contributed by atoms with van der Waals surface area (Å²) in [5.41, 5.74) is 9.41. The molecule has 3 rings (SSSR count). The first-order valence-electron chi connectivity index (χ1n) is 7.92. The first kappa shape index (κ1) is 19.7. The van der Waals surface area contributed by atoms with E-state index in [9.17, 15) is 14.0 Å². The van der Waals surface area contributed by atoms with E-state index in [0.717, 1.165) is 5.56 Å². The van der Waals surface area contributed by atoms with E-state index in [1.54, 1.807) is 19.9 Å². The van der Waals surface area contributed by atoms with E-state index >= 15 is 0 Å². The molecule has 0 atom stereocenters. The Morgan fingerprint density at radius 3 is 2.77 bits per heavy atom. The molecule has 0 spiro atoms. The van der Waals surface area contributed by atoms with Crippen LogP contribution in [0.2, 0.25) is 0 Å². The van der Waals surface area contributed by atoms with Crippen LogP contribution in [0.25, 0.3) is 11.6 Å². The number of fused-ring (bicyclic) bond motifs is 1. The number of hydrogen-bond acceptors (Lipinski definition) is 3. The van der Waals surface area contributed by atoms with E-state index in [2.05, 4.69) is 15.6 Å². The van der Waals surface area contributed by atoms with Crippen molar-refractivity contribution in [3.8, 4) is 0 Å². The van der Waals surface area contributed by atoms with Gasteiger partial charge in [-0.05, 0) is 43.7 Å². The Morgan fingerprint density at radius 1 is 1.35 bits per heavy atom. The summed E-state index contributed by atoms with van der Waals surface area (Å²) in [6.07, 6.45) is 1.64. The molecule has 8 heteroatoms. The maximum atomic E-state index is 13.5. The molecule has 6 nitrogen and oxygen atoms in total. The first-order chi connectivity index (χ1) is 11.9. The summed E-state index contributed by atoms with van der Waals surface area (Å²) < 4.78 is 13.5. The van der Waals surface area contributed by atoms with Crippen LogP contribution in [0.4, 0.5) is 10.1 Å². The predicted molar refractivity (Wildman–Crippen MR) is 102 cm³/mol. The molecular weight excluding hydrogens is 359 g/mol. The fourth-order valence-corrected chi connectivity index (χ4v) is 2.98. The molecule has 0 bridgehead atoms. The van der Waals surface area contributed by atoms with Gasteiger partial charge in [0.05, 0.1) is 11.1 Å². The minimum absolute atomic E-state index is 0. The lowest BCUT2D eigenvalue weighted by Crippen LogP contribution is -2.29. The van der Waals surface area contributed by atoms with Crippen LogP contribution < -0.4 is 16.4 Å². The molecule has 2 aromatic rings. The second kappa shape index (κ2) is 7.72. The van der Waals surface area contributed by atoms with E-state index < -0.39 is 5.82 Å². The van der Waals surface area contributed by atoms with Crippen LogP contribution in [0, 0.1) is 19.7 Å². The third-order valence-corrected chi connectivity index (χ3v) is 4.19. The van der Waals surface area contributed by atoms with Gasteiger partial charge in [0.1, 0.15) is 5.82 Å². The molecule has 1 aliphatic heterocycles. The Balaban J connectivity index is 0.00000243. The van der Waals surface area contributed by atoms with Gasteiger partial charge in [0.15, 0.2) is 0 Å². The quantitative estimate of drug-likeness (QED) is 0.614. The number of hydrogen-bond donors (Lipinski definition) is 4. The smallest absolute Gasteiger partial charge is 0.256 e. The third-order valence-electron chi connectivity index (χ3n) is 4.19. The number of amides is 2. The molecule has 0 aliphatic carbocycles. The van der Waals surface area contributed by atoms with Crippen molar-refractivity contribution in [1.29, 1.82) is 0 Å².